The Kier molecular flexibility index (Phi) is 7.15. The smallest absolute Gasteiger partial charge is 0.305 e. The molecule has 4 rings (SSSR count). The molecule has 1 aromatic heterocycles. The maximum absolute atomic E-state index is 11.3. The van der Waals surface area contributed by atoms with Crippen molar-refractivity contribution in [2.75, 3.05) is 33.4 Å². The van der Waals surface area contributed by atoms with Crippen molar-refractivity contribution in [3.8, 4) is 5.75 Å². The molecule has 162 valence electrons. The molecule has 0 unspecified atom stereocenters. The SMILES string of the molecule is COC(=O)CCc1ccc(Cc2nccc3cc(OCCN4CCCC4)ccc23)cc1. The number of hydrogen-bond donors (Lipinski definition) is 0. The zero-order valence-corrected chi connectivity index (χ0v) is 18.2. The standard InChI is InChI=1S/C26H30N2O3/c1-30-26(29)11-8-20-4-6-21(7-5-20)18-25-24-10-9-23(19-22(24)12-13-27-25)31-17-16-28-14-2-3-15-28/h4-7,9-10,12-13,19H,2-3,8,11,14-18H2,1H3. The lowest BCUT2D eigenvalue weighted by Crippen LogP contribution is -2.25. The molecular formula is C26H30N2O3. The number of fused-ring (bicyclic) bond motifs is 1. The normalized spacial score (nSPS) is 14.1. The molecule has 0 radical (unpaired) electrons. The van der Waals surface area contributed by atoms with Crippen LogP contribution in [0.5, 0.6) is 5.75 Å². The lowest BCUT2D eigenvalue weighted by atomic mass is 10.0. The van der Waals surface area contributed by atoms with Crippen molar-refractivity contribution in [1.82, 2.24) is 9.88 Å². The van der Waals surface area contributed by atoms with Crippen LogP contribution in [-0.2, 0) is 22.4 Å². The van der Waals surface area contributed by atoms with Gasteiger partial charge >= 0.3 is 5.97 Å². The van der Waals surface area contributed by atoms with Crippen LogP contribution in [-0.4, -0.2) is 49.2 Å². The molecule has 0 aliphatic carbocycles. The van der Waals surface area contributed by atoms with Crippen LogP contribution in [0.4, 0.5) is 0 Å². The number of hydrogen-bond acceptors (Lipinski definition) is 5. The molecule has 0 N–H and O–H groups in total. The number of pyridine rings is 1. The van der Waals surface area contributed by atoms with Gasteiger partial charge in [-0.3, -0.25) is 14.7 Å². The fraction of sp³-hybridized carbons (Fsp3) is 0.385. The largest absolute Gasteiger partial charge is 0.492 e. The van der Waals surface area contributed by atoms with Crippen molar-refractivity contribution in [1.29, 1.82) is 0 Å². The summed E-state index contributed by atoms with van der Waals surface area (Å²) in [7, 11) is 1.42. The number of aryl methyl sites for hydroxylation is 1. The summed E-state index contributed by atoms with van der Waals surface area (Å²) in [6, 6.07) is 16.7. The van der Waals surface area contributed by atoms with Crippen LogP contribution in [0.1, 0.15) is 36.1 Å². The number of likely N-dealkylation sites (tertiary alicyclic amines) is 1. The molecule has 0 spiro atoms. The van der Waals surface area contributed by atoms with Crippen molar-refractivity contribution in [3.05, 3.63) is 71.5 Å². The van der Waals surface area contributed by atoms with E-state index < -0.39 is 0 Å². The lowest BCUT2D eigenvalue weighted by Gasteiger charge is -2.15. The van der Waals surface area contributed by atoms with Crippen molar-refractivity contribution in [3.63, 3.8) is 0 Å². The van der Waals surface area contributed by atoms with E-state index >= 15 is 0 Å². The number of aromatic nitrogens is 1. The van der Waals surface area contributed by atoms with Crippen LogP contribution in [0.15, 0.2) is 54.7 Å². The zero-order valence-electron chi connectivity index (χ0n) is 18.2. The summed E-state index contributed by atoms with van der Waals surface area (Å²) < 4.78 is 10.7. The average molecular weight is 419 g/mol. The van der Waals surface area contributed by atoms with Gasteiger partial charge in [0, 0.05) is 31.0 Å². The highest BCUT2D eigenvalue weighted by atomic mass is 16.5. The third-order valence-electron chi connectivity index (χ3n) is 5.93. The molecule has 2 aromatic carbocycles. The van der Waals surface area contributed by atoms with Crippen LogP contribution in [0.25, 0.3) is 10.8 Å². The molecular weight excluding hydrogens is 388 g/mol. The Morgan fingerprint density at radius 1 is 1.03 bits per heavy atom. The van der Waals surface area contributed by atoms with E-state index in [0.29, 0.717) is 12.8 Å². The van der Waals surface area contributed by atoms with Gasteiger partial charge in [-0.15, -0.1) is 0 Å². The Hall–Kier alpha value is -2.92. The molecule has 0 bridgehead atoms. The molecule has 1 fully saturated rings. The number of benzene rings is 2. The minimum absolute atomic E-state index is 0.177. The first kappa shape index (κ1) is 21.3. The summed E-state index contributed by atoms with van der Waals surface area (Å²) in [5.41, 5.74) is 3.40. The second-order valence-corrected chi connectivity index (χ2v) is 8.11. The number of carbonyl (C=O) groups is 1. The Bertz CT molecular complexity index is 1010. The number of carbonyl (C=O) groups excluding carboxylic acids is 1. The molecule has 1 aliphatic rings. The van der Waals surface area contributed by atoms with Gasteiger partial charge < -0.3 is 9.47 Å². The summed E-state index contributed by atoms with van der Waals surface area (Å²) in [5.74, 6) is 0.738. The first-order chi connectivity index (χ1) is 15.2. The van der Waals surface area contributed by atoms with Gasteiger partial charge in [0.25, 0.3) is 0 Å². The quantitative estimate of drug-likeness (QED) is 0.482. The summed E-state index contributed by atoms with van der Waals surface area (Å²) in [4.78, 5) is 18.4. The predicted molar refractivity (Wildman–Crippen MR) is 122 cm³/mol. The highest BCUT2D eigenvalue weighted by Gasteiger charge is 2.11. The molecule has 1 saturated heterocycles. The predicted octanol–water partition coefficient (Wildman–Crippen LogP) is 4.41. The van der Waals surface area contributed by atoms with E-state index in [1.54, 1.807) is 0 Å². The summed E-state index contributed by atoms with van der Waals surface area (Å²) in [6.07, 6.45) is 6.35. The van der Waals surface area contributed by atoms with E-state index in [1.807, 2.05) is 18.3 Å². The van der Waals surface area contributed by atoms with E-state index in [-0.39, 0.29) is 5.97 Å². The fourth-order valence-electron chi connectivity index (χ4n) is 4.11. The molecule has 1 aliphatic heterocycles. The zero-order chi connectivity index (χ0) is 21.5. The molecule has 0 amide bonds. The van der Waals surface area contributed by atoms with Crippen LogP contribution in [0.2, 0.25) is 0 Å². The molecule has 5 nitrogen and oxygen atoms in total. The number of methoxy groups -OCH3 is 1. The van der Waals surface area contributed by atoms with E-state index in [9.17, 15) is 4.79 Å². The van der Waals surface area contributed by atoms with Gasteiger partial charge in [0.2, 0.25) is 0 Å². The number of esters is 1. The van der Waals surface area contributed by atoms with Crippen LogP contribution < -0.4 is 4.74 Å². The van der Waals surface area contributed by atoms with Crippen molar-refractivity contribution >= 4 is 16.7 Å². The Morgan fingerprint density at radius 3 is 2.58 bits per heavy atom. The van der Waals surface area contributed by atoms with E-state index in [4.69, 9.17) is 9.47 Å². The van der Waals surface area contributed by atoms with Crippen molar-refractivity contribution in [2.24, 2.45) is 0 Å². The highest BCUT2D eigenvalue weighted by Crippen LogP contribution is 2.24. The number of rotatable bonds is 9. The third-order valence-corrected chi connectivity index (χ3v) is 5.93. The first-order valence-electron chi connectivity index (χ1n) is 11.1. The fourth-order valence-corrected chi connectivity index (χ4v) is 4.11. The highest BCUT2D eigenvalue weighted by molar-refractivity contribution is 5.86. The lowest BCUT2D eigenvalue weighted by molar-refractivity contribution is -0.140. The summed E-state index contributed by atoms with van der Waals surface area (Å²) in [5, 5.41) is 2.31. The maximum atomic E-state index is 11.3. The van der Waals surface area contributed by atoms with Gasteiger partial charge in [0.15, 0.2) is 0 Å². The molecule has 5 heteroatoms. The number of nitrogens with zero attached hydrogens (tertiary/aromatic N) is 2. The molecule has 31 heavy (non-hydrogen) atoms. The minimum atomic E-state index is -0.177. The summed E-state index contributed by atoms with van der Waals surface area (Å²) in [6.45, 7) is 4.12. The van der Waals surface area contributed by atoms with Gasteiger partial charge in [-0.25, -0.2) is 0 Å². The Labute approximate surface area is 184 Å². The molecule has 2 heterocycles. The van der Waals surface area contributed by atoms with E-state index in [2.05, 4.69) is 46.3 Å². The van der Waals surface area contributed by atoms with Gasteiger partial charge in [-0.2, -0.15) is 0 Å². The number of ether oxygens (including phenoxy) is 2. The third kappa shape index (κ3) is 5.82. The van der Waals surface area contributed by atoms with Crippen LogP contribution >= 0.6 is 0 Å². The van der Waals surface area contributed by atoms with Crippen LogP contribution in [0.3, 0.4) is 0 Å². The monoisotopic (exact) mass is 418 g/mol. The topological polar surface area (TPSA) is 51.7 Å². The minimum Gasteiger partial charge on any atom is -0.492 e. The van der Waals surface area contributed by atoms with Gasteiger partial charge in [-0.05, 0) is 73.1 Å². The second-order valence-electron chi connectivity index (χ2n) is 8.11. The average Bonchev–Trinajstić information content (AvgIpc) is 3.32. The first-order valence-corrected chi connectivity index (χ1v) is 11.1. The summed E-state index contributed by atoms with van der Waals surface area (Å²) >= 11 is 0. The Morgan fingerprint density at radius 2 is 1.81 bits per heavy atom. The second kappa shape index (κ2) is 10.4. The van der Waals surface area contributed by atoms with E-state index in [1.165, 1.54) is 38.6 Å². The van der Waals surface area contributed by atoms with Gasteiger partial charge in [-0.1, -0.05) is 24.3 Å². The molecule has 0 saturated carbocycles. The molecule has 3 aromatic rings. The molecule has 0 atom stereocenters. The van der Waals surface area contributed by atoms with Crippen molar-refractivity contribution in [2.45, 2.75) is 32.1 Å². The van der Waals surface area contributed by atoms with Gasteiger partial charge in [0.1, 0.15) is 12.4 Å². The maximum Gasteiger partial charge on any atom is 0.305 e. The van der Waals surface area contributed by atoms with Crippen LogP contribution in [0, 0.1) is 0 Å². The van der Waals surface area contributed by atoms with Gasteiger partial charge in [0.05, 0.1) is 12.8 Å². The Balaban J connectivity index is 1.39. The van der Waals surface area contributed by atoms with E-state index in [0.717, 1.165) is 47.4 Å². The van der Waals surface area contributed by atoms with Crippen molar-refractivity contribution < 1.29 is 14.3 Å².